The van der Waals surface area contributed by atoms with Gasteiger partial charge in [0, 0.05) is 25.5 Å². The van der Waals surface area contributed by atoms with Crippen LogP contribution in [0.25, 0.3) is 11.5 Å². The lowest BCUT2D eigenvalue weighted by Gasteiger charge is -2.08. The molecule has 0 spiro atoms. The van der Waals surface area contributed by atoms with Gasteiger partial charge < -0.3 is 23.9 Å². The summed E-state index contributed by atoms with van der Waals surface area (Å²) in [6, 6.07) is 5.00. The van der Waals surface area contributed by atoms with Crippen molar-refractivity contribution in [3.63, 3.8) is 0 Å². The third kappa shape index (κ3) is 4.59. The summed E-state index contributed by atoms with van der Waals surface area (Å²) in [7, 11) is 0. The van der Waals surface area contributed by atoms with Crippen LogP contribution in [-0.2, 0) is 13.0 Å². The lowest BCUT2D eigenvalue weighted by Crippen LogP contribution is -2.16. The Kier molecular flexibility index (Phi) is 4.79. The summed E-state index contributed by atoms with van der Waals surface area (Å²) >= 11 is 0. The van der Waals surface area contributed by atoms with Gasteiger partial charge in [-0.25, -0.2) is 0 Å². The smallest absolute Gasteiger partial charge is 0.406 e. The number of ether oxygens (including phenoxy) is 1. The highest BCUT2D eigenvalue weighted by molar-refractivity contribution is 5.54. The number of aryl methyl sites for hydroxylation is 3. The molecule has 0 unspecified atom stereocenters. The van der Waals surface area contributed by atoms with E-state index in [4.69, 9.17) is 4.52 Å². The van der Waals surface area contributed by atoms with Crippen molar-refractivity contribution in [2.75, 3.05) is 0 Å². The number of hydrogen-bond donors (Lipinski definition) is 0. The van der Waals surface area contributed by atoms with Gasteiger partial charge in [0.25, 0.3) is 5.89 Å². The maximum absolute atomic E-state index is 12.2. The Morgan fingerprint density at radius 1 is 1.26 bits per heavy atom. The highest BCUT2D eigenvalue weighted by atomic mass is 19.4. The van der Waals surface area contributed by atoms with Crippen LogP contribution in [0.5, 0.6) is 5.75 Å². The average molecular weight is 383 g/mol. The summed E-state index contributed by atoms with van der Waals surface area (Å²) in [5.41, 5.74) is 0.428. The minimum Gasteiger partial charge on any atom is -0.406 e. The second-order valence-corrected chi connectivity index (χ2v) is 5.43. The third-order valence-corrected chi connectivity index (χ3v) is 3.53. The van der Waals surface area contributed by atoms with E-state index in [1.807, 2.05) is 0 Å². The van der Waals surface area contributed by atoms with Crippen LogP contribution in [0.1, 0.15) is 11.6 Å². The molecule has 0 saturated heterocycles. The van der Waals surface area contributed by atoms with Crippen molar-refractivity contribution in [3.05, 3.63) is 52.2 Å². The second-order valence-electron chi connectivity index (χ2n) is 5.43. The number of hydrogen-bond acceptors (Lipinski definition) is 7. The fourth-order valence-corrected chi connectivity index (χ4v) is 2.30. The molecule has 0 N–H and O–H groups in total. The number of alkyl halides is 3. The van der Waals surface area contributed by atoms with Crippen molar-refractivity contribution in [2.45, 2.75) is 26.3 Å². The van der Waals surface area contributed by atoms with Gasteiger partial charge in [-0.1, -0.05) is 5.16 Å². The van der Waals surface area contributed by atoms with Crippen molar-refractivity contribution >= 4 is 5.82 Å². The number of nitrogens with zero attached hydrogens (tertiary/aromatic N) is 5. The molecule has 1 aromatic carbocycles. The summed E-state index contributed by atoms with van der Waals surface area (Å²) in [6.07, 6.45) is -3.12. The van der Waals surface area contributed by atoms with Gasteiger partial charge >= 0.3 is 12.2 Å². The molecule has 0 aliphatic rings. The number of rotatable bonds is 6. The summed E-state index contributed by atoms with van der Waals surface area (Å²) in [5.74, 6) is 0.351. The Hall–Kier alpha value is -3.44. The second kappa shape index (κ2) is 7.05. The molecular formula is C15H12F3N5O4. The topological polar surface area (TPSA) is 109 Å². The van der Waals surface area contributed by atoms with Crippen LogP contribution in [0.3, 0.4) is 0 Å². The van der Waals surface area contributed by atoms with Crippen LogP contribution in [0.15, 0.2) is 35.0 Å². The van der Waals surface area contributed by atoms with Crippen molar-refractivity contribution < 1.29 is 27.4 Å². The highest BCUT2D eigenvalue weighted by Crippen LogP contribution is 2.25. The molecule has 0 aliphatic carbocycles. The third-order valence-electron chi connectivity index (χ3n) is 3.53. The zero-order valence-corrected chi connectivity index (χ0v) is 13.8. The molecule has 3 rings (SSSR count). The molecule has 0 radical (unpaired) electrons. The van der Waals surface area contributed by atoms with Crippen LogP contribution in [0.2, 0.25) is 0 Å². The SMILES string of the molecule is Cc1nc([N+](=O)[O-])cn1CCc1noc(-c2ccc(OC(F)(F)F)cc2)n1. The number of benzene rings is 1. The van der Waals surface area contributed by atoms with Crippen LogP contribution < -0.4 is 4.74 Å². The van der Waals surface area contributed by atoms with Crippen molar-refractivity contribution in [1.29, 1.82) is 0 Å². The molecule has 0 bridgehead atoms. The van der Waals surface area contributed by atoms with E-state index in [2.05, 4.69) is 19.9 Å². The first-order chi connectivity index (χ1) is 12.7. The first-order valence-electron chi connectivity index (χ1n) is 7.58. The molecule has 0 fully saturated rings. The average Bonchev–Trinajstić information content (AvgIpc) is 3.19. The molecule has 2 heterocycles. The molecular weight excluding hydrogens is 371 g/mol. The fraction of sp³-hybridized carbons (Fsp3) is 0.267. The maximum atomic E-state index is 12.2. The van der Waals surface area contributed by atoms with Gasteiger partial charge in [-0.3, -0.25) is 0 Å². The minimum absolute atomic E-state index is 0.136. The van der Waals surface area contributed by atoms with E-state index in [1.54, 1.807) is 11.5 Å². The fourth-order valence-electron chi connectivity index (χ4n) is 2.30. The Morgan fingerprint density at radius 3 is 2.56 bits per heavy atom. The zero-order chi connectivity index (χ0) is 19.6. The van der Waals surface area contributed by atoms with Gasteiger partial charge in [0.15, 0.2) is 5.82 Å². The molecule has 0 amide bonds. The quantitative estimate of drug-likeness (QED) is 0.474. The largest absolute Gasteiger partial charge is 0.573 e. The Labute approximate surface area is 149 Å². The number of imidazole rings is 1. The standard InChI is InChI=1S/C15H12F3N5O4/c1-9-19-13(23(24)25)8-22(9)7-6-12-20-14(27-21-12)10-2-4-11(5-3-10)26-15(16,17)18/h2-5,8H,6-7H2,1H3. The zero-order valence-electron chi connectivity index (χ0n) is 13.8. The molecule has 27 heavy (non-hydrogen) atoms. The maximum Gasteiger partial charge on any atom is 0.573 e. The Bertz CT molecular complexity index is 949. The molecule has 2 aromatic heterocycles. The lowest BCUT2D eigenvalue weighted by molar-refractivity contribution is -0.389. The number of nitro groups is 1. The minimum atomic E-state index is -4.76. The van der Waals surface area contributed by atoms with Crippen molar-refractivity contribution in [3.8, 4) is 17.2 Å². The molecule has 12 heteroatoms. The van der Waals surface area contributed by atoms with Gasteiger partial charge in [0.05, 0.1) is 0 Å². The summed E-state index contributed by atoms with van der Waals surface area (Å²) < 4.78 is 47.0. The van der Waals surface area contributed by atoms with Crippen LogP contribution in [0, 0.1) is 17.0 Å². The van der Waals surface area contributed by atoms with Crippen LogP contribution in [0.4, 0.5) is 19.0 Å². The van der Waals surface area contributed by atoms with E-state index in [-0.39, 0.29) is 17.5 Å². The molecule has 9 nitrogen and oxygen atoms in total. The monoisotopic (exact) mass is 383 g/mol. The predicted octanol–water partition coefficient (Wildman–Crippen LogP) is 3.29. The summed E-state index contributed by atoms with van der Waals surface area (Å²) in [5, 5.41) is 14.5. The van der Waals surface area contributed by atoms with Gasteiger partial charge in [-0.05, 0) is 34.2 Å². The van der Waals surface area contributed by atoms with E-state index in [0.29, 0.717) is 30.2 Å². The molecule has 142 valence electrons. The van der Waals surface area contributed by atoms with Crippen LogP contribution >= 0.6 is 0 Å². The summed E-state index contributed by atoms with van der Waals surface area (Å²) in [4.78, 5) is 18.1. The predicted molar refractivity (Wildman–Crippen MR) is 83.7 cm³/mol. The van der Waals surface area contributed by atoms with Gasteiger partial charge in [0.2, 0.25) is 5.82 Å². The van der Waals surface area contributed by atoms with Gasteiger partial charge in [0.1, 0.15) is 11.9 Å². The molecule has 0 aliphatic heterocycles. The van der Waals surface area contributed by atoms with Gasteiger partial charge in [-0.15, -0.1) is 13.2 Å². The Balaban J connectivity index is 1.65. The molecule has 3 aromatic rings. The molecule has 0 saturated carbocycles. The number of aromatic nitrogens is 4. The van der Waals surface area contributed by atoms with Crippen molar-refractivity contribution in [2.24, 2.45) is 0 Å². The normalized spacial score (nSPS) is 11.6. The first kappa shape index (κ1) is 18.4. The van der Waals surface area contributed by atoms with E-state index >= 15 is 0 Å². The van der Waals surface area contributed by atoms with E-state index in [0.717, 1.165) is 12.1 Å². The number of halogens is 3. The Morgan fingerprint density at radius 2 is 1.96 bits per heavy atom. The van der Waals surface area contributed by atoms with E-state index < -0.39 is 11.3 Å². The summed E-state index contributed by atoms with van der Waals surface area (Å²) in [6.45, 7) is 1.99. The van der Waals surface area contributed by atoms with E-state index in [9.17, 15) is 23.3 Å². The lowest BCUT2D eigenvalue weighted by atomic mass is 10.2. The van der Waals surface area contributed by atoms with Crippen LogP contribution in [-0.4, -0.2) is 31.0 Å². The first-order valence-corrected chi connectivity index (χ1v) is 7.58. The van der Waals surface area contributed by atoms with Crippen molar-refractivity contribution in [1.82, 2.24) is 19.7 Å². The van der Waals surface area contributed by atoms with Gasteiger partial charge in [-0.2, -0.15) is 4.98 Å². The highest BCUT2D eigenvalue weighted by Gasteiger charge is 2.31. The molecule has 0 atom stereocenters. The van der Waals surface area contributed by atoms with E-state index in [1.165, 1.54) is 18.3 Å².